The van der Waals surface area contributed by atoms with Crippen LogP contribution in [0.2, 0.25) is 0 Å². The Hall–Kier alpha value is -5.40. The summed E-state index contributed by atoms with van der Waals surface area (Å²) in [5.74, 6) is 0. The van der Waals surface area contributed by atoms with Crippen molar-refractivity contribution in [2.24, 2.45) is 0 Å². The van der Waals surface area contributed by atoms with Gasteiger partial charge in [0.1, 0.15) is 0 Å². The maximum Gasteiger partial charge on any atom is 0.0465 e. The molecule has 0 N–H and O–H groups in total. The molecule has 0 fully saturated rings. The van der Waals surface area contributed by atoms with Gasteiger partial charge in [-0.05, 0) is 126 Å². The van der Waals surface area contributed by atoms with Gasteiger partial charge in [-0.2, -0.15) is 0 Å². The van der Waals surface area contributed by atoms with E-state index in [9.17, 15) is 0 Å². The lowest BCUT2D eigenvalue weighted by atomic mass is 9.55. The van der Waals surface area contributed by atoms with Crippen LogP contribution in [0.3, 0.4) is 0 Å². The van der Waals surface area contributed by atoms with Gasteiger partial charge >= 0.3 is 0 Å². The van der Waals surface area contributed by atoms with Gasteiger partial charge in [-0.25, -0.2) is 0 Å². The monoisotopic (exact) mass is 645 g/mol. The molecule has 0 atom stereocenters. The van der Waals surface area contributed by atoms with Gasteiger partial charge in [0.2, 0.25) is 0 Å². The average molecular weight is 646 g/mol. The summed E-state index contributed by atoms with van der Waals surface area (Å²) < 4.78 is 0. The maximum atomic E-state index is 2.47. The van der Waals surface area contributed by atoms with Crippen LogP contribution in [-0.2, 0) is 16.2 Å². The van der Waals surface area contributed by atoms with Gasteiger partial charge in [0.05, 0.1) is 0 Å². The number of fused-ring (bicyclic) bond motifs is 7. The van der Waals surface area contributed by atoms with Crippen LogP contribution >= 0.6 is 0 Å². The van der Waals surface area contributed by atoms with E-state index in [1.165, 1.54) is 77.8 Å². The Labute approximate surface area is 296 Å². The first-order chi connectivity index (χ1) is 24.1. The van der Waals surface area contributed by atoms with Gasteiger partial charge in [-0.3, -0.25) is 0 Å². The topological polar surface area (TPSA) is 3.24 Å². The Morgan fingerprint density at radius 1 is 0.340 bits per heavy atom. The van der Waals surface area contributed by atoms with Gasteiger partial charge in [-0.15, -0.1) is 0 Å². The van der Waals surface area contributed by atoms with Gasteiger partial charge in [-0.1, -0.05) is 145 Å². The van der Waals surface area contributed by atoms with Crippen LogP contribution in [0.5, 0.6) is 0 Å². The molecule has 0 heterocycles. The molecule has 0 aliphatic heterocycles. The van der Waals surface area contributed by atoms with Crippen LogP contribution in [0, 0.1) is 0 Å². The summed E-state index contributed by atoms with van der Waals surface area (Å²) in [6.45, 7) is 14.4. The molecule has 0 saturated heterocycles. The van der Waals surface area contributed by atoms with Gasteiger partial charge in [0, 0.05) is 22.5 Å². The summed E-state index contributed by atoms with van der Waals surface area (Å²) in [6.07, 6.45) is 0. The number of benzene rings is 7. The highest BCUT2D eigenvalue weighted by Gasteiger charge is 2.46. The van der Waals surface area contributed by atoms with Crippen molar-refractivity contribution in [2.75, 3.05) is 4.90 Å². The lowest BCUT2D eigenvalue weighted by Crippen LogP contribution is -2.43. The van der Waals surface area contributed by atoms with E-state index in [0.29, 0.717) is 0 Å². The zero-order chi connectivity index (χ0) is 34.4. The molecule has 50 heavy (non-hydrogen) atoms. The smallest absolute Gasteiger partial charge is 0.0465 e. The van der Waals surface area contributed by atoms with E-state index < -0.39 is 0 Å². The van der Waals surface area contributed by atoms with Crippen molar-refractivity contribution in [3.63, 3.8) is 0 Å². The summed E-state index contributed by atoms with van der Waals surface area (Å²) >= 11 is 0. The molecule has 2 aliphatic carbocycles. The van der Waals surface area contributed by atoms with Gasteiger partial charge < -0.3 is 4.90 Å². The lowest BCUT2D eigenvalue weighted by Gasteiger charge is -2.48. The van der Waals surface area contributed by atoms with E-state index in [1.54, 1.807) is 0 Å². The summed E-state index contributed by atoms with van der Waals surface area (Å²) in [4.78, 5) is 2.47. The summed E-state index contributed by atoms with van der Waals surface area (Å²) in [7, 11) is 0. The Morgan fingerprint density at radius 3 is 1.52 bits per heavy atom. The number of rotatable bonds is 4. The molecule has 0 saturated carbocycles. The summed E-state index contributed by atoms with van der Waals surface area (Å²) in [5, 5.41) is 2.59. The van der Waals surface area contributed by atoms with Crippen LogP contribution < -0.4 is 4.90 Å². The van der Waals surface area contributed by atoms with Crippen LogP contribution in [0.15, 0.2) is 152 Å². The minimum absolute atomic E-state index is 0.0374. The quantitative estimate of drug-likeness (QED) is 0.184. The molecule has 0 aromatic heterocycles. The first kappa shape index (κ1) is 30.6. The predicted molar refractivity (Wildman–Crippen MR) is 213 cm³/mol. The molecule has 1 nitrogen and oxygen atoms in total. The fourth-order valence-electron chi connectivity index (χ4n) is 8.79. The normalized spacial score (nSPS) is 15.9. The van der Waals surface area contributed by atoms with E-state index in [4.69, 9.17) is 0 Å². The van der Waals surface area contributed by atoms with E-state index in [0.717, 1.165) is 5.69 Å². The van der Waals surface area contributed by atoms with Crippen LogP contribution in [-0.4, -0.2) is 0 Å². The standard InChI is InChI=1S/C49H43N/c1-47(2)44-29-35-17-11-10-16-34(35)28-42(44)41-27-25-37(30-45(41)47)50(36-22-20-33(21-23-36)32-14-8-7-9-15-32)38-24-26-40-39-18-12-13-19-43(39)48(3,4)49(5,6)46(40)31-38/h7-31H,1-6H3. The fraction of sp³-hybridized carbons (Fsp3) is 0.184. The van der Waals surface area contributed by atoms with Crippen LogP contribution in [0.25, 0.3) is 44.2 Å². The average Bonchev–Trinajstić information content (AvgIpc) is 3.35. The second kappa shape index (κ2) is 10.8. The molecule has 244 valence electrons. The molecule has 0 radical (unpaired) electrons. The number of hydrogen-bond donors (Lipinski definition) is 0. The third kappa shape index (κ3) is 4.39. The van der Waals surface area contributed by atoms with Crippen molar-refractivity contribution in [2.45, 2.75) is 57.8 Å². The highest BCUT2D eigenvalue weighted by molar-refractivity contribution is 5.95. The zero-order valence-electron chi connectivity index (χ0n) is 29.9. The molecule has 2 aliphatic rings. The molecular formula is C49H43N. The first-order valence-corrected chi connectivity index (χ1v) is 17.9. The molecular weight excluding hydrogens is 603 g/mol. The fourth-order valence-corrected chi connectivity index (χ4v) is 8.79. The van der Waals surface area contributed by atoms with Crippen molar-refractivity contribution in [3.8, 4) is 33.4 Å². The van der Waals surface area contributed by atoms with Crippen molar-refractivity contribution in [1.29, 1.82) is 0 Å². The van der Waals surface area contributed by atoms with Crippen LogP contribution in [0.1, 0.15) is 63.8 Å². The molecule has 0 spiro atoms. The molecule has 0 amide bonds. The maximum absolute atomic E-state index is 2.47. The van der Waals surface area contributed by atoms with Crippen molar-refractivity contribution in [1.82, 2.24) is 0 Å². The predicted octanol–water partition coefficient (Wildman–Crippen LogP) is 13.5. The molecule has 0 bridgehead atoms. The Bertz CT molecular complexity index is 2440. The molecule has 1 heteroatoms. The van der Waals surface area contributed by atoms with Gasteiger partial charge in [0.25, 0.3) is 0 Å². The minimum Gasteiger partial charge on any atom is -0.310 e. The van der Waals surface area contributed by atoms with E-state index in [2.05, 4.69) is 198 Å². The Kier molecular flexibility index (Phi) is 6.62. The van der Waals surface area contributed by atoms with Gasteiger partial charge in [0.15, 0.2) is 0 Å². The zero-order valence-corrected chi connectivity index (χ0v) is 29.9. The molecule has 7 aromatic carbocycles. The van der Waals surface area contributed by atoms with E-state index in [-0.39, 0.29) is 16.2 Å². The van der Waals surface area contributed by atoms with Crippen molar-refractivity contribution < 1.29 is 0 Å². The summed E-state index contributed by atoms with van der Waals surface area (Å²) in [5.41, 5.74) is 16.7. The first-order valence-electron chi connectivity index (χ1n) is 17.9. The third-order valence-electron chi connectivity index (χ3n) is 12.4. The van der Waals surface area contributed by atoms with Crippen molar-refractivity contribution in [3.05, 3.63) is 174 Å². The summed E-state index contributed by atoms with van der Waals surface area (Å²) in [6, 6.07) is 56.6. The Balaban J connectivity index is 1.23. The largest absolute Gasteiger partial charge is 0.310 e. The van der Waals surface area contributed by atoms with Crippen LogP contribution in [0.4, 0.5) is 17.1 Å². The number of anilines is 3. The highest BCUT2D eigenvalue weighted by atomic mass is 15.1. The molecule has 0 unspecified atom stereocenters. The number of nitrogens with zero attached hydrogens (tertiary/aromatic N) is 1. The van der Waals surface area contributed by atoms with E-state index >= 15 is 0 Å². The third-order valence-corrected chi connectivity index (χ3v) is 12.4. The molecule has 9 rings (SSSR count). The number of hydrogen-bond acceptors (Lipinski definition) is 1. The van der Waals surface area contributed by atoms with Crippen molar-refractivity contribution >= 4 is 27.8 Å². The highest BCUT2D eigenvalue weighted by Crippen LogP contribution is 2.56. The second-order valence-electron chi connectivity index (χ2n) is 15.9. The SMILES string of the molecule is CC1(C)c2cc(N(c3ccc(-c4ccccc4)cc3)c3ccc4c(c3)C(C)(C)C(C)(C)c3ccccc3-4)ccc2-c2cc3ccccc3cc21. The lowest BCUT2D eigenvalue weighted by molar-refractivity contribution is 0.299. The van der Waals surface area contributed by atoms with E-state index in [1.807, 2.05) is 0 Å². The minimum atomic E-state index is -0.126. The second-order valence-corrected chi connectivity index (χ2v) is 15.9. The Morgan fingerprint density at radius 2 is 0.820 bits per heavy atom. The molecule has 7 aromatic rings.